The number of carbonyl (C=O) groups is 1. The third-order valence-corrected chi connectivity index (χ3v) is 4.47. The van der Waals surface area contributed by atoms with Gasteiger partial charge >= 0.3 is 6.18 Å². The van der Waals surface area contributed by atoms with Crippen molar-refractivity contribution in [2.75, 3.05) is 13.1 Å². The summed E-state index contributed by atoms with van der Waals surface area (Å²) in [5.74, 6) is -0.244. The molecule has 2 atom stereocenters. The molecule has 0 radical (unpaired) electrons. The molecule has 1 aromatic rings. The summed E-state index contributed by atoms with van der Waals surface area (Å²) in [7, 11) is 0. The Bertz CT molecular complexity index is 548. The molecule has 1 aliphatic heterocycles. The Labute approximate surface area is 129 Å². The highest BCUT2D eigenvalue weighted by Gasteiger charge is 2.34. The van der Waals surface area contributed by atoms with E-state index in [9.17, 15) is 18.0 Å². The van der Waals surface area contributed by atoms with Gasteiger partial charge in [-0.05, 0) is 30.5 Å². The summed E-state index contributed by atoms with van der Waals surface area (Å²) < 4.78 is 38.6. The first-order chi connectivity index (χ1) is 9.70. The van der Waals surface area contributed by atoms with E-state index in [0.29, 0.717) is 19.5 Å². The average Bonchev–Trinajstić information content (AvgIpc) is 2.40. The highest BCUT2D eigenvalue weighted by molar-refractivity contribution is 9.10. The van der Waals surface area contributed by atoms with Crippen LogP contribution in [0.15, 0.2) is 22.7 Å². The summed E-state index contributed by atoms with van der Waals surface area (Å²) in [4.78, 5) is 13.9. The molecule has 1 aromatic carbocycles. The van der Waals surface area contributed by atoms with Crippen molar-refractivity contribution in [3.63, 3.8) is 0 Å². The van der Waals surface area contributed by atoms with Gasteiger partial charge in [0.25, 0.3) is 5.91 Å². The zero-order valence-corrected chi connectivity index (χ0v) is 13.0. The molecule has 1 saturated heterocycles. The van der Waals surface area contributed by atoms with Crippen LogP contribution in [0.4, 0.5) is 13.2 Å². The Hall–Kier alpha value is -1.08. The lowest BCUT2D eigenvalue weighted by molar-refractivity contribution is -0.138. The SMILES string of the molecule is CC1CN(C(=O)c2ccc(Br)c(C(F)(F)F)c2)CCC1N. The Balaban J connectivity index is 2.24. The number of hydrogen-bond donors (Lipinski definition) is 1. The van der Waals surface area contributed by atoms with Crippen LogP contribution in [0.1, 0.15) is 29.3 Å². The molecule has 2 unspecified atom stereocenters. The first-order valence-corrected chi connectivity index (χ1v) is 7.41. The number of carbonyl (C=O) groups excluding carboxylic acids is 1. The Morgan fingerprint density at radius 1 is 1.43 bits per heavy atom. The zero-order valence-electron chi connectivity index (χ0n) is 11.5. The van der Waals surface area contributed by atoms with E-state index in [1.807, 2.05) is 6.92 Å². The van der Waals surface area contributed by atoms with Gasteiger partial charge in [0.05, 0.1) is 5.56 Å². The molecule has 7 heteroatoms. The van der Waals surface area contributed by atoms with E-state index in [-0.39, 0.29) is 27.9 Å². The van der Waals surface area contributed by atoms with Crippen LogP contribution >= 0.6 is 15.9 Å². The number of amides is 1. The van der Waals surface area contributed by atoms with Gasteiger partial charge in [-0.25, -0.2) is 0 Å². The normalized spacial score (nSPS) is 23.2. The fourth-order valence-corrected chi connectivity index (χ4v) is 2.88. The minimum Gasteiger partial charge on any atom is -0.338 e. The molecule has 0 spiro atoms. The second-order valence-corrected chi connectivity index (χ2v) is 6.23. The highest BCUT2D eigenvalue weighted by atomic mass is 79.9. The van der Waals surface area contributed by atoms with Crippen molar-refractivity contribution in [3.8, 4) is 0 Å². The number of rotatable bonds is 1. The third-order valence-electron chi connectivity index (χ3n) is 3.78. The van der Waals surface area contributed by atoms with E-state index in [4.69, 9.17) is 5.73 Å². The lowest BCUT2D eigenvalue weighted by Crippen LogP contribution is -2.48. The monoisotopic (exact) mass is 364 g/mol. The molecule has 116 valence electrons. The van der Waals surface area contributed by atoms with Gasteiger partial charge in [0.15, 0.2) is 0 Å². The molecule has 3 nitrogen and oxygen atoms in total. The standard InChI is InChI=1S/C14H16BrF3N2O/c1-8-7-20(5-4-12(8)19)13(21)9-2-3-11(15)10(6-9)14(16,17)18/h2-3,6,8,12H,4-5,7,19H2,1H3. The van der Waals surface area contributed by atoms with Gasteiger partial charge in [-0.3, -0.25) is 4.79 Å². The van der Waals surface area contributed by atoms with Crippen molar-refractivity contribution >= 4 is 21.8 Å². The first-order valence-electron chi connectivity index (χ1n) is 6.61. The van der Waals surface area contributed by atoms with Crippen LogP contribution in [0, 0.1) is 5.92 Å². The van der Waals surface area contributed by atoms with Gasteiger partial charge in [-0.2, -0.15) is 13.2 Å². The van der Waals surface area contributed by atoms with Gasteiger partial charge in [-0.15, -0.1) is 0 Å². The Kier molecular flexibility index (Phi) is 4.63. The van der Waals surface area contributed by atoms with E-state index < -0.39 is 11.7 Å². The number of alkyl halides is 3. The number of nitrogens with two attached hydrogens (primary N) is 1. The van der Waals surface area contributed by atoms with Crippen molar-refractivity contribution in [1.29, 1.82) is 0 Å². The van der Waals surface area contributed by atoms with E-state index in [1.54, 1.807) is 4.90 Å². The number of piperidine rings is 1. The van der Waals surface area contributed by atoms with E-state index in [1.165, 1.54) is 12.1 Å². The van der Waals surface area contributed by atoms with Crippen molar-refractivity contribution in [2.45, 2.75) is 25.6 Å². The van der Waals surface area contributed by atoms with Crippen molar-refractivity contribution < 1.29 is 18.0 Å². The molecule has 0 saturated carbocycles. The van der Waals surface area contributed by atoms with E-state index in [2.05, 4.69) is 15.9 Å². The minimum absolute atomic E-state index is 0.0321. The molecular formula is C14H16BrF3N2O. The predicted molar refractivity (Wildman–Crippen MR) is 76.8 cm³/mol. The van der Waals surface area contributed by atoms with Gasteiger partial charge in [0.2, 0.25) is 0 Å². The molecule has 1 fully saturated rings. The lowest BCUT2D eigenvalue weighted by Gasteiger charge is -2.35. The molecular weight excluding hydrogens is 349 g/mol. The van der Waals surface area contributed by atoms with Crippen LogP contribution in [0.3, 0.4) is 0 Å². The van der Waals surface area contributed by atoms with Gasteiger partial charge in [0.1, 0.15) is 0 Å². The van der Waals surface area contributed by atoms with Gasteiger partial charge in [-0.1, -0.05) is 22.9 Å². The number of halogens is 4. The molecule has 2 rings (SSSR count). The second kappa shape index (κ2) is 5.96. The van der Waals surface area contributed by atoms with E-state index >= 15 is 0 Å². The summed E-state index contributed by atoms with van der Waals surface area (Å²) in [6, 6.07) is 3.59. The summed E-state index contributed by atoms with van der Waals surface area (Å²) >= 11 is 2.87. The number of nitrogens with zero attached hydrogens (tertiary/aromatic N) is 1. The topological polar surface area (TPSA) is 46.3 Å². The number of benzene rings is 1. The Morgan fingerprint density at radius 3 is 2.67 bits per heavy atom. The molecule has 21 heavy (non-hydrogen) atoms. The lowest BCUT2D eigenvalue weighted by atomic mass is 9.94. The Morgan fingerprint density at radius 2 is 2.10 bits per heavy atom. The van der Waals surface area contributed by atoms with Crippen LogP contribution in [0.2, 0.25) is 0 Å². The van der Waals surface area contributed by atoms with Crippen molar-refractivity contribution in [2.24, 2.45) is 11.7 Å². The highest BCUT2D eigenvalue weighted by Crippen LogP contribution is 2.35. The third kappa shape index (κ3) is 3.58. The maximum absolute atomic E-state index is 12.9. The smallest absolute Gasteiger partial charge is 0.338 e. The molecule has 2 N–H and O–H groups in total. The fourth-order valence-electron chi connectivity index (χ4n) is 2.41. The minimum atomic E-state index is -4.49. The molecule has 1 amide bonds. The van der Waals surface area contributed by atoms with Crippen LogP contribution in [-0.2, 0) is 6.18 Å². The van der Waals surface area contributed by atoms with Crippen LogP contribution in [-0.4, -0.2) is 29.9 Å². The quantitative estimate of drug-likeness (QED) is 0.830. The summed E-state index contributed by atoms with van der Waals surface area (Å²) in [5, 5.41) is 0. The molecule has 1 aliphatic rings. The second-order valence-electron chi connectivity index (χ2n) is 5.37. The van der Waals surface area contributed by atoms with E-state index in [0.717, 1.165) is 6.07 Å². The first kappa shape index (κ1) is 16.3. The van der Waals surface area contributed by atoms with Crippen LogP contribution in [0.5, 0.6) is 0 Å². The largest absolute Gasteiger partial charge is 0.417 e. The van der Waals surface area contributed by atoms with Crippen molar-refractivity contribution in [3.05, 3.63) is 33.8 Å². The average molecular weight is 365 g/mol. The summed E-state index contributed by atoms with van der Waals surface area (Å²) in [6.07, 6.45) is -3.83. The number of likely N-dealkylation sites (tertiary alicyclic amines) is 1. The summed E-state index contributed by atoms with van der Waals surface area (Å²) in [5.41, 5.74) is 5.10. The van der Waals surface area contributed by atoms with Crippen LogP contribution < -0.4 is 5.73 Å². The van der Waals surface area contributed by atoms with Crippen LogP contribution in [0.25, 0.3) is 0 Å². The maximum atomic E-state index is 12.9. The molecule has 0 bridgehead atoms. The molecule has 0 aromatic heterocycles. The zero-order chi connectivity index (χ0) is 15.8. The predicted octanol–water partition coefficient (Wildman–Crippen LogP) is 3.28. The van der Waals surface area contributed by atoms with Gasteiger partial charge in [0, 0.05) is 29.2 Å². The summed E-state index contributed by atoms with van der Waals surface area (Å²) in [6.45, 7) is 2.88. The van der Waals surface area contributed by atoms with Gasteiger partial charge < -0.3 is 10.6 Å². The maximum Gasteiger partial charge on any atom is 0.417 e. The molecule has 1 heterocycles. The number of hydrogen-bond acceptors (Lipinski definition) is 2. The fraction of sp³-hybridized carbons (Fsp3) is 0.500. The molecule has 0 aliphatic carbocycles. The van der Waals surface area contributed by atoms with Crippen molar-refractivity contribution in [1.82, 2.24) is 4.90 Å².